The molecule has 0 fully saturated rings. The summed E-state index contributed by atoms with van der Waals surface area (Å²) in [6.45, 7) is 5.74. The molecule has 4 amide bonds. The number of nitrogens with two attached hydrogens (primary N) is 1. The zero-order chi connectivity index (χ0) is 32.8. The van der Waals surface area contributed by atoms with Gasteiger partial charge in [-0.3, -0.25) is 19.2 Å². The Morgan fingerprint density at radius 3 is 2.16 bits per heavy atom. The van der Waals surface area contributed by atoms with E-state index in [2.05, 4.69) is 16.0 Å². The molecule has 0 heterocycles. The first-order valence-corrected chi connectivity index (χ1v) is 15.1. The zero-order valence-corrected chi connectivity index (χ0v) is 26.0. The van der Waals surface area contributed by atoms with Crippen molar-refractivity contribution in [2.45, 2.75) is 64.6 Å². The minimum Gasteiger partial charge on any atom is -0.463 e. The number of primary amides is 1. The van der Waals surface area contributed by atoms with Crippen LogP contribution >= 0.6 is 0 Å². The second kappa shape index (κ2) is 17.3. The molecule has 0 saturated heterocycles. The van der Waals surface area contributed by atoms with E-state index in [9.17, 15) is 24.0 Å². The Kier molecular flexibility index (Phi) is 13.3. The monoisotopic (exact) mass is 614 g/mol. The average Bonchev–Trinajstić information content (AvgIpc) is 3.01. The second-order valence-electron chi connectivity index (χ2n) is 11.2. The molecule has 3 rings (SSSR count). The van der Waals surface area contributed by atoms with Crippen LogP contribution in [0, 0.1) is 5.92 Å². The fourth-order valence-corrected chi connectivity index (χ4v) is 4.79. The van der Waals surface area contributed by atoms with Crippen LogP contribution in [0.3, 0.4) is 0 Å². The lowest BCUT2D eigenvalue weighted by Gasteiger charge is -2.26. The normalized spacial score (nSPS) is 13.2. The number of amides is 4. The maximum atomic E-state index is 13.7. The van der Waals surface area contributed by atoms with E-state index in [4.69, 9.17) is 10.5 Å². The summed E-state index contributed by atoms with van der Waals surface area (Å²) in [5.41, 5.74) is 6.54. The highest BCUT2D eigenvalue weighted by molar-refractivity contribution is 6.01. The van der Waals surface area contributed by atoms with Crippen LogP contribution < -0.4 is 21.7 Å². The second-order valence-corrected chi connectivity index (χ2v) is 11.2. The summed E-state index contributed by atoms with van der Waals surface area (Å²) in [7, 11) is 0. The number of rotatable bonds is 16. The lowest BCUT2D eigenvalue weighted by atomic mass is 10.00. The molecule has 3 aromatic carbocycles. The van der Waals surface area contributed by atoms with Gasteiger partial charge in [0.25, 0.3) is 5.91 Å². The Labute approximate surface area is 263 Å². The molecule has 3 atom stereocenters. The summed E-state index contributed by atoms with van der Waals surface area (Å²) in [6, 6.07) is 19.5. The molecule has 0 aromatic heterocycles. The summed E-state index contributed by atoms with van der Waals surface area (Å²) < 4.78 is 4.92. The Balaban J connectivity index is 1.82. The molecule has 0 aliphatic heterocycles. The fourth-order valence-electron chi connectivity index (χ4n) is 4.79. The summed E-state index contributed by atoms with van der Waals surface area (Å²) in [5.74, 6) is -2.54. The number of fused-ring (bicyclic) bond motifs is 1. The van der Waals surface area contributed by atoms with Crippen molar-refractivity contribution in [1.82, 2.24) is 16.0 Å². The Hall–Kier alpha value is -4.99. The van der Waals surface area contributed by atoms with E-state index in [0.717, 1.165) is 16.3 Å². The van der Waals surface area contributed by atoms with E-state index in [1.54, 1.807) is 19.1 Å². The molecular weight excluding hydrogens is 572 g/mol. The third kappa shape index (κ3) is 11.6. The quantitative estimate of drug-likeness (QED) is 0.143. The minimum atomic E-state index is -1.03. The molecule has 5 N–H and O–H groups in total. The summed E-state index contributed by atoms with van der Waals surface area (Å²) in [5, 5.41) is 10.4. The lowest BCUT2D eigenvalue weighted by Crippen LogP contribution is -2.55. The van der Waals surface area contributed by atoms with Gasteiger partial charge in [-0.15, -0.1) is 0 Å². The number of nitrogens with one attached hydrogen (secondary N) is 3. The first kappa shape index (κ1) is 34.5. The van der Waals surface area contributed by atoms with Crippen molar-refractivity contribution in [3.8, 4) is 0 Å². The fraction of sp³-hybridized carbons (Fsp3) is 0.343. The predicted octanol–water partition coefficient (Wildman–Crippen LogP) is 3.58. The van der Waals surface area contributed by atoms with Crippen molar-refractivity contribution in [2.24, 2.45) is 11.7 Å². The molecule has 0 aliphatic carbocycles. The predicted molar refractivity (Wildman–Crippen MR) is 173 cm³/mol. The summed E-state index contributed by atoms with van der Waals surface area (Å²) >= 11 is 0. The number of hydrogen-bond acceptors (Lipinski definition) is 6. The molecule has 0 saturated carbocycles. The van der Waals surface area contributed by atoms with Gasteiger partial charge in [-0.2, -0.15) is 0 Å². The summed E-state index contributed by atoms with van der Waals surface area (Å²) in [4.78, 5) is 64.0. The minimum absolute atomic E-state index is 0.0366. The number of carbonyl (C=O) groups is 5. The molecule has 0 radical (unpaired) electrons. The molecule has 45 heavy (non-hydrogen) atoms. The Morgan fingerprint density at radius 2 is 1.49 bits per heavy atom. The van der Waals surface area contributed by atoms with Crippen molar-refractivity contribution in [1.29, 1.82) is 0 Å². The average molecular weight is 615 g/mol. The van der Waals surface area contributed by atoms with E-state index in [-0.39, 0.29) is 31.8 Å². The van der Waals surface area contributed by atoms with Crippen molar-refractivity contribution in [3.63, 3.8) is 0 Å². The van der Waals surface area contributed by atoms with Gasteiger partial charge in [-0.1, -0.05) is 80.6 Å². The van der Waals surface area contributed by atoms with Crippen molar-refractivity contribution >= 4 is 40.4 Å². The molecule has 0 bridgehead atoms. The van der Waals surface area contributed by atoms with Crippen LogP contribution in [-0.2, 0) is 30.3 Å². The van der Waals surface area contributed by atoms with Gasteiger partial charge in [-0.25, -0.2) is 4.79 Å². The molecule has 3 unspecified atom stereocenters. The number of esters is 1. The van der Waals surface area contributed by atoms with Crippen LogP contribution in [0.2, 0.25) is 0 Å². The molecule has 238 valence electrons. The van der Waals surface area contributed by atoms with Gasteiger partial charge >= 0.3 is 5.97 Å². The van der Waals surface area contributed by atoms with Crippen molar-refractivity contribution < 1.29 is 28.7 Å². The maximum absolute atomic E-state index is 13.7. The van der Waals surface area contributed by atoms with Gasteiger partial charge in [0.15, 0.2) is 0 Å². The van der Waals surface area contributed by atoms with Crippen LogP contribution in [0.5, 0.6) is 0 Å². The third-order valence-corrected chi connectivity index (χ3v) is 7.04. The SMILES string of the molecule is CCOC(=O)/C=C/C(CCC(N)=O)NC(=O)C(Cc1ccccc1)NC(=O)C(CC(C)C)NC(=O)c1ccc2ccccc2c1. The maximum Gasteiger partial charge on any atom is 0.330 e. The van der Waals surface area contributed by atoms with Gasteiger partial charge in [0.1, 0.15) is 12.1 Å². The Bertz CT molecular complexity index is 1500. The van der Waals surface area contributed by atoms with Crippen LogP contribution in [0.15, 0.2) is 84.9 Å². The van der Waals surface area contributed by atoms with Crippen LogP contribution in [0.1, 0.15) is 56.0 Å². The largest absolute Gasteiger partial charge is 0.463 e. The van der Waals surface area contributed by atoms with Crippen LogP contribution in [-0.4, -0.2) is 54.3 Å². The van der Waals surface area contributed by atoms with Gasteiger partial charge in [0.2, 0.25) is 17.7 Å². The topological polar surface area (TPSA) is 157 Å². The van der Waals surface area contributed by atoms with E-state index in [0.29, 0.717) is 12.0 Å². The summed E-state index contributed by atoms with van der Waals surface area (Å²) in [6.07, 6.45) is 3.22. The van der Waals surface area contributed by atoms with Gasteiger partial charge < -0.3 is 26.4 Å². The molecule has 10 nitrogen and oxygen atoms in total. The van der Waals surface area contributed by atoms with Gasteiger partial charge in [0.05, 0.1) is 6.61 Å². The third-order valence-electron chi connectivity index (χ3n) is 7.04. The van der Waals surface area contributed by atoms with Crippen LogP contribution in [0.4, 0.5) is 0 Å². The van der Waals surface area contributed by atoms with E-state index >= 15 is 0 Å². The lowest BCUT2D eigenvalue weighted by molar-refractivity contribution is -0.137. The van der Waals surface area contributed by atoms with E-state index in [1.807, 2.05) is 74.5 Å². The van der Waals surface area contributed by atoms with E-state index in [1.165, 1.54) is 12.2 Å². The van der Waals surface area contributed by atoms with Gasteiger partial charge in [0, 0.05) is 30.5 Å². The molecule has 0 spiro atoms. The number of hydrogen-bond donors (Lipinski definition) is 4. The highest BCUT2D eigenvalue weighted by atomic mass is 16.5. The Morgan fingerprint density at radius 1 is 0.822 bits per heavy atom. The first-order valence-electron chi connectivity index (χ1n) is 15.1. The molecule has 0 aliphatic rings. The number of ether oxygens (including phenoxy) is 1. The highest BCUT2D eigenvalue weighted by Gasteiger charge is 2.29. The molecular formula is C35H42N4O6. The molecule has 10 heteroatoms. The van der Waals surface area contributed by atoms with Crippen LogP contribution in [0.25, 0.3) is 10.8 Å². The smallest absolute Gasteiger partial charge is 0.330 e. The molecule has 3 aromatic rings. The van der Waals surface area contributed by atoms with Crippen molar-refractivity contribution in [2.75, 3.05) is 6.61 Å². The standard InChI is InChI=1S/C35H42N4O6/c1-4-45-32(41)19-17-28(16-18-31(36)40)37-34(43)30(21-24-10-6-5-7-11-24)39-35(44)29(20-23(2)3)38-33(42)27-15-14-25-12-8-9-13-26(25)22-27/h5-15,17,19,22-23,28-30H,4,16,18,20-21H2,1-3H3,(H2,36,40)(H,37,43)(H,38,42)(H,39,44)/b19-17+. The number of benzene rings is 3. The van der Waals surface area contributed by atoms with E-state index < -0.39 is 47.7 Å². The zero-order valence-electron chi connectivity index (χ0n) is 26.0. The highest BCUT2D eigenvalue weighted by Crippen LogP contribution is 2.16. The van der Waals surface area contributed by atoms with Gasteiger partial charge in [-0.05, 0) is 54.2 Å². The number of carbonyl (C=O) groups excluding carboxylic acids is 5. The van der Waals surface area contributed by atoms with Crippen molar-refractivity contribution in [3.05, 3.63) is 96.1 Å². The first-order chi connectivity index (χ1) is 21.5.